The summed E-state index contributed by atoms with van der Waals surface area (Å²) in [5, 5.41) is 2.85. The zero-order chi connectivity index (χ0) is 22.4. The maximum Gasteiger partial charge on any atom is 0.252 e. The van der Waals surface area contributed by atoms with Gasteiger partial charge in [0.05, 0.1) is 5.56 Å². The van der Waals surface area contributed by atoms with Crippen LogP contribution in [0.1, 0.15) is 99.8 Å². The van der Waals surface area contributed by atoms with Crippen LogP contribution in [0.2, 0.25) is 0 Å². The van der Waals surface area contributed by atoms with E-state index >= 15 is 0 Å². The fraction of sp³-hybridized carbons (Fsp3) is 0.607. The number of carbonyl (C=O) groups excluding carboxylic acids is 1. The Labute approximate surface area is 188 Å². The number of nitrogens with zero attached hydrogens (tertiary/aromatic N) is 1. The average Bonchev–Trinajstić information content (AvgIpc) is 3.42. The molecular formula is C28H40N2O. The van der Waals surface area contributed by atoms with Gasteiger partial charge < -0.3 is 9.88 Å². The van der Waals surface area contributed by atoms with E-state index in [0.717, 1.165) is 17.8 Å². The summed E-state index contributed by atoms with van der Waals surface area (Å²) in [6.45, 7) is 12.4. The second-order valence-corrected chi connectivity index (χ2v) is 11.3. The largest absolute Gasteiger partial charge is 0.355 e. The topological polar surface area (TPSA) is 34.0 Å². The molecule has 31 heavy (non-hydrogen) atoms. The molecule has 0 radical (unpaired) electrons. The summed E-state index contributed by atoms with van der Waals surface area (Å²) in [4.78, 5) is 12.7. The molecule has 2 aliphatic carbocycles. The van der Waals surface area contributed by atoms with Gasteiger partial charge in [0.25, 0.3) is 5.91 Å². The smallest absolute Gasteiger partial charge is 0.252 e. The van der Waals surface area contributed by atoms with Crippen molar-refractivity contribution in [2.75, 3.05) is 7.05 Å². The molecular weight excluding hydrogens is 380 g/mol. The maximum atomic E-state index is 12.7. The molecule has 2 saturated carbocycles. The minimum absolute atomic E-state index is 0.0162. The van der Waals surface area contributed by atoms with Crippen LogP contribution < -0.4 is 5.32 Å². The van der Waals surface area contributed by atoms with E-state index in [1.807, 2.05) is 0 Å². The summed E-state index contributed by atoms with van der Waals surface area (Å²) < 4.78 is 2.45. The molecule has 1 aromatic heterocycles. The Morgan fingerprint density at radius 1 is 1.10 bits per heavy atom. The van der Waals surface area contributed by atoms with Crippen molar-refractivity contribution in [2.24, 2.45) is 5.92 Å². The van der Waals surface area contributed by atoms with Crippen molar-refractivity contribution < 1.29 is 4.79 Å². The van der Waals surface area contributed by atoms with Crippen molar-refractivity contribution in [1.29, 1.82) is 0 Å². The van der Waals surface area contributed by atoms with E-state index in [0.29, 0.717) is 11.3 Å². The Bertz CT molecular complexity index is 942. The lowest BCUT2D eigenvalue weighted by atomic mass is 9.82. The zero-order valence-corrected chi connectivity index (χ0v) is 20.4. The third-order valence-electron chi connectivity index (χ3n) is 7.80. The predicted octanol–water partition coefficient (Wildman–Crippen LogP) is 6.75. The Morgan fingerprint density at radius 3 is 2.35 bits per heavy atom. The fourth-order valence-electron chi connectivity index (χ4n) is 5.15. The highest BCUT2D eigenvalue weighted by atomic mass is 16.1. The highest BCUT2D eigenvalue weighted by molar-refractivity contribution is 5.96. The van der Waals surface area contributed by atoms with Crippen molar-refractivity contribution in [3.05, 3.63) is 46.6 Å². The molecule has 0 aliphatic heterocycles. The van der Waals surface area contributed by atoms with Gasteiger partial charge in [-0.3, -0.25) is 4.79 Å². The number of aromatic nitrogens is 1. The summed E-state index contributed by atoms with van der Waals surface area (Å²) in [5.74, 6) is 0.727. The number of carbonyl (C=O) groups is 1. The quantitative estimate of drug-likeness (QED) is 0.570. The number of nitrogens with one attached hydrogen (secondary N) is 1. The van der Waals surface area contributed by atoms with E-state index < -0.39 is 0 Å². The van der Waals surface area contributed by atoms with E-state index in [9.17, 15) is 4.79 Å². The first-order valence-electron chi connectivity index (χ1n) is 12.2. The molecule has 0 saturated heterocycles. The molecule has 0 atom stereocenters. The molecule has 2 fully saturated rings. The third kappa shape index (κ3) is 4.47. The average molecular weight is 421 g/mol. The Hall–Kier alpha value is -2.03. The van der Waals surface area contributed by atoms with E-state index in [1.54, 1.807) is 7.05 Å². The van der Waals surface area contributed by atoms with Crippen molar-refractivity contribution in [3.8, 4) is 11.3 Å². The van der Waals surface area contributed by atoms with Crippen LogP contribution in [0.5, 0.6) is 0 Å². The predicted molar refractivity (Wildman–Crippen MR) is 130 cm³/mol. The molecule has 4 rings (SSSR count). The summed E-state index contributed by atoms with van der Waals surface area (Å²) in [6.07, 6.45) is 9.19. The second kappa shape index (κ2) is 8.15. The van der Waals surface area contributed by atoms with E-state index in [4.69, 9.17) is 0 Å². The molecule has 1 N–H and O–H groups in total. The molecule has 1 heterocycles. The van der Waals surface area contributed by atoms with Gasteiger partial charge in [0.15, 0.2) is 0 Å². The lowest BCUT2D eigenvalue weighted by Gasteiger charge is -2.26. The van der Waals surface area contributed by atoms with Gasteiger partial charge in [0, 0.05) is 25.0 Å². The summed E-state index contributed by atoms with van der Waals surface area (Å²) in [6, 6.07) is 9.34. The van der Waals surface area contributed by atoms with Gasteiger partial charge in [0.2, 0.25) is 0 Å². The van der Waals surface area contributed by atoms with Crippen LogP contribution in [0.4, 0.5) is 0 Å². The standard InChI is InChI=1S/C28H40N2O/c1-19-24(26(31)29-6)17-25(30(19)18-20-10-8-7-9-11-20)21-14-22(27(2,3)4)16-23(15-21)28(5)12-13-28/h14-17,20H,7-13,18H2,1-6H3,(H,29,31). The summed E-state index contributed by atoms with van der Waals surface area (Å²) in [5.41, 5.74) is 7.64. The second-order valence-electron chi connectivity index (χ2n) is 11.3. The summed E-state index contributed by atoms with van der Waals surface area (Å²) >= 11 is 0. The van der Waals surface area contributed by atoms with E-state index in [-0.39, 0.29) is 11.3 Å². The van der Waals surface area contributed by atoms with Crippen molar-refractivity contribution in [2.45, 2.75) is 96.9 Å². The van der Waals surface area contributed by atoms with Crippen LogP contribution in [-0.4, -0.2) is 17.5 Å². The normalized spacial score (nSPS) is 18.8. The van der Waals surface area contributed by atoms with Gasteiger partial charge in [-0.05, 0) is 84.2 Å². The highest BCUT2D eigenvalue weighted by Crippen LogP contribution is 2.49. The molecule has 0 spiro atoms. The van der Waals surface area contributed by atoms with Crippen LogP contribution in [0, 0.1) is 12.8 Å². The van der Waals surface area contributed by atoms with Crippen molar-refractivity contribution in [3.63, 3.8) is 0 Å². The molecule has 1 amide bonds. The lowest BCUT2D eigenvalue weighted by Crippen LogP contribution is -2.20. The third-order valence-corrected chi connectivity index (χ3v) is 7.80. The number of benzene rings is 1. The number of hydrogen-bond acceptors (Lipinski definition) is 1. The summed E-state index contributed by atoms with van der Waals surface area (Å²) in [7, 11) is 1.73. The maximum absolute atomic E-state index is 12.7. The first kappa shape index (κ1) is 22.2. The number of amides is 1. The van der Waals surface area contributed by atoms with Gasteiger partial charge in [-0.25, -0.2) is 0 Å². The molecule has 1 aromatic carbocycles. The van der Waals surface area contributed by atoms with E-state index in [1.165, 1.54) is 67.3 Å². The van der Waals surface area contributed by atoms with Crippen molar-refractivity contribution >= 4 is 5.91 Å². The van der Waals surface area contributed by atoms with Gasteiger partial charge in [-0.2, -0.15) is 0 Å². The minimum atomic E-state index is 0.0162. The molecule has 2 aromatic rings. The van der Waals surface area contributed by atoms with Crippen LogP contribution in [-0.2, 0) is 17.4 Å². The van der Waals surface area contributed by atoms with Crippen LogP contribution in [0.3, 0.4) is 0 Å². The van der Waals surface area contributed by atoms with Crippen LogP contribution in [0.15, 0.2) is 24.3 Å². The Kier molecular flexibility index (Phi) is 5.83. The zero-order valence-electron chi connectivity index (χ0n) is 20.4. The first-order valence-corrected chi connectivity index (χ1v) is 12.2. The molecule has 0 bridgehead atoms. The molecule has 2 aliphatic rings. The highest BCUT2D eigenvalue weighted by Gasteiger charge is 2.40. The molecule has 3 nitrogen and oxygen atoms in total. The van der Waals surface area contributed by atoms with Gasteiger partial charge in [-0.15, -0.1) is 0 Å². The first-order chi connectivity index (χ1) is 14.6. The van der Waals surface area contributed by atoms with Gasteiger partial charge >= 0.3 is 0 Å². The fourth-order valence-corrected chi connectivity index (χ4v) is 5.15. The molecule has 0 unspecified atom stereocenters. The van der Waals surface area contributed by atoms with Crippen LogP contribution >= 0.6 is 0 Å². The van der Waals surface area contributed by atoms with Crippen LogP contribution in [0.25, 0.3) is 11.3 Å². The molecule has 3 heteroatoms. The Balaban J connectivity index is 1.85. The van der Waals surface area contributed by atoms with Gasteiger partial charge in [0.1, 0.15) is 0 Å². The SMILES string of the molecule is CNC(=O)c1cc(-c2cc(C(C)(C)C)cc(C3(C)CC3)c2)n(CC2CCCCC2)c1C. The molecule has 168 valence electrons. The monoisotopic (exact) mass is 420 g/mol. The number of rotatable bonds is 5. The Morgan fingerprint density at radius 2 is 1.77 bits per heavy atom. The number of hydrogen-bond donors (Lipinski definition) is 1. The van der Waals surface area contributed by atoms with Crippen molar-refractivity contribution in [1.82, 2.24) is 9.88 Å². The minimum Gasteiger partial charge on any atom is -0.355 e. The lowest BCUT2D eigenvalue weighted by molar-refractivity contribution is 0.0962. The van der Waals surface area contributed by atoms with E-state index in [2.05, 4.69) is 68.8 Å². The van der Waals surface area contributed by atoms with Gasteiger partial charge in [-0.1, -0.05) is 53.0 Å².